The van der Waals surface area contributed by atoms with E-state index in [0.717, 1.165) is 50.4 Å². The zero-order valence-electron chi connectivity index (χ0n) is 23.3. The molecule has 0 N–H and O–H groups in total. The molecule has 4 nitrogen and oxygen atoms in total. The summed E-state index contributed by atoms with van der Waals surface area (Å²) in [5.74, 6) is 0. The molecule has 0 fully saturated rings. The van der Waals surface area contributed by atoms with Gasteiger partial charge in [0.25, 0.3) is 0 Å². The minimum absolute atomic E-state index is 0.708. The van der Waals surface area contributed by atoms with Gasteiger partial charge in [0.2, 0.25) is 11.4 Å². The van der Waals surface area contributed by atoms with Crippen LogP contribution in [-0.4, -0.2) is 17.9 Å². The molecule has 0 bridgehead atoms. The zero-order chi connectivity index (χ0) is 26.7. The molecule has 0 saturated carbocycles. The van der Waals surface area contributed by atoms with E-state index in [-0.39, 0.29) is 0 Å². The van der Waals surface area contributed by atoms with E-state index in [9.17, 15) is 5.53 Å². The summed E-state index contributed by atoms with van der Waals surface area (Å²) < 4.78 is 10.9. The van der Waals surface area contributed by atoms with Crippen LogP contribution in [0.3, 0.4) is 0 Å². The molecule has 37 heavy (non-hydrogen) atoms. The fraction of sp³-hybridized carbons (Fsp3) is 0.500. The Labute approximate surface area is 232 Å². The summed E-state index contributed by atoms with van der Waals surface area (Å²) in [5, 5.41) is 0. The van der Waals surface area contributed by atoms with Gasteiger partial charge in [-0.25, -0.2) is 4.70 Å². The van der Waals surface area contributed by atoms with Crippen LogP contribution >= 0.6 is 0 Å². The Kier molecular flexibility index (Phi) is 16.1. The van der Waals surface area contributed by atoms with E-state index in [4.69, 9.17) is 7.76 Å². The van der Waals surface area contributed by atoms with Crippen molar-refractivity contribution in [2.45, 2.75) is 91.9 Å². The molecule has 0 aliphatic carbocycles. The van der Waals surface area contributed by atoms with Crippen LogP contribution in [0.1, 0.15) is 101 Å². The molecule has 0 unspecified atom stereocenters. The molecule has 0 aromatic heterocycles. The van der Waals surface area contributed by atoms with Crippen molar-refractivity contribution in [2.75, 3.05) is 13.2 Å². The van der Waals surface area contributed by atoms with E-state index in [1.54, 1.807) is 0 Å². The van der Waals surface area contributed by atoms with E-state index in [1.165, 1.54) is 67.2 Å². The van der Waals surface area contributed by atoms with Gasteiger partial charge in [-0.1, -0.05) is 76.6 Å². The molecule has 0 spiro atoms. The fourth-order valence-corrected chi connectivity index (χ4v) is 4.50. The second-order valence-electron chi connectivity index (χ2n) is 9.25. The van der Waals surface area contributed by atoms with Gasteiger partial charge in [-0.15, -0.1) is 0 Å². The summed E-state index contributed by atoms with van der Waals surface area (Å²) in [4.78, 5) is 0. The van der Waals surface area contributed by atoms with Gasteiger partial charge in [-0.3, -0.25) is 0 Å². The predicted octanol–water partition coefficient (Wildman–Crippen LogP) is 9.33. The Bertz CT molecular complexity index is 979. The third kappa shape index (κ3) is 11.5. The van der Waals surface area contributed by atoms with Crippen LogP contribution in [0, 0.1) is 0 Å². The van der Waals surface area contributed by atoms with Crippen LogP contribution in [0.5, 0.6) is 0 Å². The molecular formula is C32H46N2NiO2. The minimum atomic E-state index is 0.708. The zero-order valence-corrected chi connectivity index (χ0v) is 24.3. The van der Waals surface area contributed by atoms with Gasteiger partial charge < -0.3 is 5.53 Å². The molecule has 0 atom stereocenters. The molecular weight excluding hydrogens is 503 g/mol. The van der Waals surface area contributed by atoms with E-state index in [0.29, 0.717) is 13.2 Å². The van der Waals surface area contributed by atoms with Crippen LogP contribution in [-0.2, 0) is 35.7 Å². The molecule has 2 aromatic carbocycles. The van der Waals surface area contributed by atoms with E-state index < -0.39 is 0 Å². The van der Waals surface area contributed by atoms with Crippen LogP contribution in [0.25, 0.3) is 16.9 Å². The van der Waals surface area contributed by atoms with Crippen molar-refractivity contribution in [1.82, 2.24) is 0 Å². The SMILES string of the molecule is CCCCCCCCc1ccc(C2=CC=C(c3cccc(CCCC)c3)[N+]2=[N-])cc1.CC[O][Ni][O]CC. The Balaban J connectivity index is 0.000000604. The molecule has 5 heteroatoms. The number of unbranched alkanes of at least 4 members (excludes halogenated alkanes) is 6. The maximum atomic E-state index is 10.8. The van der Waals surface area contributed by atoms with Gasteiger partial charge in [-0.05, 0) is 61.1 Å². The van der Waals surface area contributed by atoms with Gasteiger partial charge in [0, 0.05) is 23.3 Å². The van der Waals surface area contributed by atoms with Crippen molar-refractivity contribution in [3.63, 3.8) is 0 Å². The molecule has 0 amide bonds. The second kappa shape index (κ2) is 19.1. The molecule has 2 aromatic rings. The molecule has 0 radical (unpaired) electrons. The number of nitrogens with zero attached hydrogens (tertiary/aromatic N) is 2. The van der Waals surface area contributed by atoms with E-state index in [2.05, 4.69) is 62.4 Å². The first-order valence-electron chi connectivity index (χ1n) is 14.1. The van der Waals surface area contributed by atoms with Crippen molar-refractivity contribution in [3.05, 3.63) is 88.5 Å². The van der Waals surface area contributed by atoms with Gasteiger partial charge in [0.15, 0.2) is 0 Å². The fourth-order valence-electron chi connectivity index (χ4n) is 4.19. The van der Waals surface area contributed by atoms with Crippen molar-refractivity contribution < 1.29 is 27.5 Å². The third-order valence-corrected chi connectivity index (χ3v) is 7.03. The summed E-state index contributed by atoms with van der Waals surface area (Å²) in [6, 6.07) is 17.2. The normalized spacial score (nSPS) is 12.8. The first-order chi connectivity index (χ1) is 18.1. The summed E-state index contributed by atoms with van der Waals surface area (Å²) >= 11 is 0.899. The molecule has 1 aliphatic heterocycles. The summed E-state index contributed by atoms with van der Waals surface area (Å²) in [7, 11) is 0. The number of benzene rings is 2. The van der Waals surface area contributed by atoms with Crippen LogP contribution in [0.15, 0.2) is 60.7 Å². The number of hydrogen-bond donors (Lipinski definition) is 0. The maximum absolute atomic E-state index is 10.8. The van der Waals surface area contributed by atoms with Crippen LogP contribution < -0.4 is 0 Å². The number of allylic oxidation sites excluding steroid dienone is 2. The topological polar surface area (TPSA) is 43.8 Å². The van der Waals surface area contributed by atoms with Crippen molar-refractivity contribution in [1.29, 1.82) is 0 Å². The van der Waals surface area contributed by atoms with Crippen molar-refractivity contribution >= 4 is 11.4 Å². The summed E-state index contributed by atoms with van der Waals surface area (Å²) in [6.45, 7) is 9.75. The molecule has 1 aliphatic rings. The first-order valence-corrected chi connectivity index (χ1v) is 14.9. The summed E-state index contributed by atoms with van der Waals surface area (Å²) in [5.41, 5.74) is 17.4. The Morgan fingerprint density at radius 2 is 1.24 bits per heavy atom. The number of aryl methyl sites for hydroxylation is 2. The molecule has 3 rings (SSSR count). The van der Waals surface area contributed by atoms with Crippen molar-refractivity contribution in [2.24, 2.45) is 0 Å². The number of rotatable bonds is 16. The molecule has 1 heterocycles. The first kappa shape index (κ1) is 31.2. The van der Waals surface area contributed by atoms with Gasteiger partial charge >= 0.3 is 49.9 Å². The van der Waals surface area contributed by atoms with Crippen molar-refractivity contribution in [3.8, 4) is 0 Å². The predicted molar refractivity (Wildman–Crippen MR) is 151 cm³/mol. The molecule has 206 valence electrons. The standard InChI is InChI=1S/C28H36N2.2C2H5O.Ni/c1-3-5-7-8-9-10-13-23-16-18-25(19-17-23)27-20-21-28(30(27)29)26-15-11-14-24(22-26)12-6-4-2;2*1-2-3;/h11,14-22H,3-10,12-13H2,1-2H3;2*2H2,1H3;/q;2*-1;+2. The number of hydrogen-bond acceptors (Lipinski definition) is 2. The quantitative estimate of drug-likeness (QED) is 0.119. The average Bonchev–Trinajstić information content (AvgIpc) is 3.32. The monoisotopic (exact) mass is 548 g/mol. The second-order valence-corrected chi connectivity index (χ2v) is 9.98. The molecule has 0 saturated heterocycles. The average molecular weight is 549 g/mol. The van der Waals surface area contributed by atoms with Crippen LogP contribution in [0.4, 0.5) is 0 Å². The third-order valence-electron chi connectivity index (χ3n) is 6.22. The van der Waals surface area contributed by atoms with Gasteiger partial charge in [0.05, 0.1) is 0 Å². The Morgan fingerprint density at radius 3 is 1.89 bits per heavy atom. The Hall–Kier alpha value is -2.07. The van der Waals surface area contributed by atoms with Gasteiger partial charge in [0.1, 0.15) is 0 Å². The van der Waals surface area contributed by atoms with Crippen LogP contribution in [0.2, 0.25) is 0 Å². The van der Waals surface area contributed by atoms with E-state index >= 15 is 0 Å². The van der Waals surface area contributed by atoms with Gasteiger partial charge in [-0.2, -0.15) is 0 Å². The van der Waals surface area contributed by atoms with E-state index in [1.807, 2.05) is 26.0 Å². The summed E-state index contributed by atoms with van der Waals surface area (Å²) in [6.07, 6.45) is 16.6. The Morgan fingerprint density at radius 1 is 0.649 bits per heavy atom.